The Balaban J connectivity index is 1.21. The van der Waals surface area contributed by atoms with E-state index in [1.165, 1.54) is 25.5 Å². The minimum absolute atomic E-state index is 0.0990. The van der Waals surface area contributed by atoms with Crippen LogP contribution in [0.15, 0.2) is 47.1 Å². The van der Waals surface area contributed by atoms with Gasteiger partial charge in [0.1, 0.15) is 0 Å². The Labute approximate surface area is 219 Å². The first-order valence-electron chi connectivity index (χ1n) is 13.8. The van der Waals surface area contributed by atoms with Crippen molar-refractivity contribution in [3.63, 3.8) is 0 Å². The van der Waals surface area contributed by atoms with Crippen molar-refractivity contribution in [2.24, 2.45) is 33.7 Å². The average Bonchev–Trinajstić information content (AvgIpc) is 3.21. The molecule has 200 valence electrons. The fourth-order valence-electron chi connectivity index (χ4n) is 8.03. The van der Waals surface area contributed by atoms with Gasteiger partial charge in [0, 0.05) is 0 Å². The molecular formula is C30H40N2O5. The molecule has 0 aliphatic heterocycles. The minimum Gasteiger partial charge on any atom is -0.467 e. The van der Waals surface area contributed by atoms with Crippen molar-refractivity contribution in [2.75, 3.05) is 13.7 Å². The van der Waals surface area contributed by atoms with E-state index in [4.69, 9.17) is 9.57 Å². The van der Waals surface area contributed by atoms with Gasteiger partial charge in [0.15, 0.2) is 12.6 Å². The molecule has 1 aromatic rings. The maximum Gasteiger partial charge on any atom is 0.333 e. The zero-order valence-electron chi connectivity index (χ0n) is 22.2. The highest BCUT2D eigenvalue weighted by molar-refractivity contribution is 5.96. The van der Waals surface area contributed by atoms with Gasteiger partial charge in [-0.3, -0.25) is 4.79 Å². The number of aliphatic hydroxyl groups excluding tert-OH is 1. The highest BCUT2D eigenvalue weighted by Crippen LogP contribution is 2.65. The second-order valence-electron chi connectivity index (χ2n) is 11.9. The number of oxime groups is 1. The Morgan fingerprint density at radius 3 is 2.62 bits per heavy atom. The summed E-state index contributed by atoms with van der Waals surface area (Å²) in [5.74, 6) is 1.04. The van der Waals surface area contributed by atoms with Gasteiger partial charge in [-0.2, -0.15) is 0 Å². The maximum atomic E-state index is 12.5. The van der Waals surface area contributed by atoms with Crippen LogP contribution < -0.4 is 5.32 Å². The van der Waals surface area contributed by atoms with Gasteiger partial charge in [0.05, 0.1) is 18.9 Å². The Morgan fingerprint density at radius 1 is 1.08 bits per heavy atom. The number of carbonyl (C=O) groups is 2. The van der Waals surface area contributed by atoms with Crippen molar-refractivity contribution < 1.29 is 24.3 Å². The van der Waals surface area contributed by atoms with Gasteiger partial charge < -0.3 is 20.0 Å². The number of esters is 1. The fraction of sp³-hybridized carbons (Fsp3) is 0.633. The number of benzene rings is 1. The minimum atomic E-state index is -0.888. The van der Waals surface area contributed by atoms with Crippen molar-refractivity contribution in [3.05, 3.63) is 47.5 Å². The van der Waals surface area contributed by atoms with Gasteiger partial charge in [-0.25, -0.2) is 4.79 Å². The van der Waals surface area contributed by atoms with Gasteiger partial charge >= 0.3 is 5.97 Å². The number of ether oxygens (including phenoxy) is 1. The summed E-state index contributed by atoms with van der Waals surface area (Å²) < 4.78 is 4.86. The number of carbonyl (C=O) groups excluding carboxylic acids is 2. The summed E-state index contributed by atoms with van der Waals surface area (Å²) >= 11 is 0. The first-order valence-corrected chi connectivity index (χ1v) is 13.8. The third kappa shape index (κ3) is 4.71. The lowest BCUT2D eigenvalue weighted by molar-refractivity contribution is -0.145. The second kappa shape index (κ2) is 10.2. The highest BCUT2D eigenvalue weighted by atomic mass is 16.6. The SMILES string of the molecule is COC(=O)[C@H](NC(=O)CO/N=C1/C=C2CC[C@H]3[C@@H]4CC[C@@H](O)[C@@]4(C)CC[C@@H]3[C@@]2(C)CC1)c1ccccc1. The molecule has 1 aromatic carbocycles. The van der Waals surface area contributed by atoms with Crippen molar-refractivity contribution in [1.82, 2.24) is 5.32 Å². The molecule has 0 saturated heterocycles. The van der Waals surface area contributed by atoms with Crippen LogP contribution in [0.1, 0.15) is 76.8 Å². The number of rotatable bonds is 6. The highest BCUT2D eigenvalue weighted by Gasteiger charge is 2.58. The largest absolute Gasteiger partial charge is 0.467 e. The average molecular weight is 509 g/mol. The number of allylic oxidation sites excluding steroid dienone is 2. The lowest BCUT2D eigenvalue weighted by atomic mass is 9.47. The molecule has 37 heavy (non-hydrogen) atoms. The standard InChI is InChI=1S/C30H40N2O5/c1-29-15-13-21(32-37-18-26(34)31-27(28(35)36-3)19-7-5-4-6-8-19)17-20(29)9-10-22-23-11-12-25(33)30(23,2)16-14-24(22)29/h4-8,17,22-25,27,33H,9-16,18H2,1-3H3,(H,31,34)/b32-21+/t22-,23-,24-,25+,27+,29-,30-/m0/s1. The quantitative estimate of drug-likeness (QED) is 0.428. The molecule has 4 aliphatic carbocycles. The van der Waals surface area contributed by atoms with Crippen LogP contribution in [0.3, 0.4) is 0 Å². The molecule has 0 heterocycles. The van der Waals surface area contributed by atoms with E-state index in [1.807, 2.05) is 6.07 Å². The number of aliphatic hydroxyl groups is 1. The molecule has 4 aliphatic rings. The molecule has 7 atom stereocenters. The third-order valence-corrected chi connectivity index (χ3v) is 10.2. The number of nitrogens with one attached hydrogen (secondary N) is 1. The van der Waals surface area contributed by atoms with Crippen LogP contribution in [0.4, 0.5) is 0 Å². The summed E-state index contributed by atoms with van der Waals surface area (Å²) in [6.07, 6.45) is 10.6. The van der Waals surface area contributed by atoms with E-state index in [1.54, 1.807) is 24.3 Å². The normalized spacial score (nSPS) is 36.4. The Morgan fingerprint density at radius 2 is 1.86 bits per heavy atom. The molecule has 5 rings (SSSR count). The van der Waals surface area contributed by atoms with Crippen molar-refractivity contribution >= 4 is 17.6 Å². The van der Waals surface area contributed by atoms with E-state index < -0.39 is 17.9 Å². The molecule has 1 amide bonds. The second-order valence-corrected chi connectivity index (χ2v) is 11.9. The zero-order valence-corrected chi connectivity index (χ0v) is 22.2. The number of fused-ring (bicyclic) bond motifs is 5. The fourth-order valence-corrected chi connectivity index (χ4v) is 8.03. The zero-order chi connectivity index (χ0) is 26.2. The topological polar surface area (TPSA) is 97.2 Å². The molecule has 3 fully saturated rings. The van der Waals surface area contributed by atoms with Crippen molar-refractivity contribution in [3.8, 4) is 0 Å². The van der Waals surface area contributed by atoms with E-state index in [2.05, 4.69) is 30.4 Å². The van der Waals surface area contributed by atoms with Gasteiger partial charge in [-0.15, -0.1) is 0 Å². The molecule has 7 nitrogen and oxygen atoms in total. The Kier molecular flexibility index (Phi) is 7.18. The van der Waals surface area contributed by atoms with Gasteiger partial charge in [-0.1, -0.05) is 54.9 Å². The first-order chi connectivity index (χ1) is 17.8. The summed E-state index contributed by atoms with van der Waals surface area (Å²) in [5, 5.41) is 17.7. The summed E-state index contributed by atoms with van der Waals surface area (Å²) in [6, 6.07) is 8.11. The van der Waals surface area contributed by atoms with Gasteiger partial charge in [-0.05, 0) is 91.6 Å². The summed E-state index contributed by atoms with van der Waals surface area (Å²) in [6.45, 7) is 4.49. The lowest BCUT2D eigenvalue weighted by Crippen LogP contribution is -2.51. The van der Waals surface area contributed by atoms with Crippen LogP contribution in [0.2, 0.25) is 0 Å². The summed E-state index contributed by atoms with van der Waals surface area (Å²) in [7, 11) is 1.30. The molecule has 0 aromatic heterocycles. The molecule has 7 heteroatoms. The molecule has 2 N–H and O–H groups in total. The molecule has 3 saturated carbocycles. The van der Waals surface area contributed by atoms with Crippen LogP contribution in [0.25, 0.3) is 0 Å². The number of amides is 1. The van der Waals surface area contributed by atoms with E-state index in [0.717, 1.165) is 44.2 Å². The maximum absolute atomic E-state index is 12.5. The van der Waals surface area contributed by atoms with Crippen molar-refractivity contribution in [1.29, 1.82) is 0 Å². The van der Waals surface area contributed by atoms with E-state index in [-0.39, 0.29) is 23.5 Å². The smallest absolute Gasteiger partial charge is 0.333 e. The number of hydrogen-bond acceptors (Lipinski definition) is 6. The third-order valence-electron chi connectivity index (χ3n) is 10.2. The lowest BCUT2D eigenvalue weighted by Gasteiger charge is -2.57. The Bertz CT molecular complexity index is 1080. The number of methoxy groups -OCH3 is 1. The summed E-state index contributed by atoms with van der Waals surface area (Å²) in [5.41, 5.74) is 3.27. The summed E-state index contributed by atoms with van der Waals surface area (Å²) in [4.78, 5) is 30.2. The van der Waals surface area contributed by atoms with Crippen LogP contribution in [0.5, 0.6) is 0 Å². The Hall–Kier alpha value is -2.67. The van der Waals surface area contributed by atoms with Crippen molar-refractivity contribution in [2.45, 2.75) is 77.4 Å². The predicted octanol–water partition coefficient (Wildman–Crippen LogP) is 4.71. The number of hydrogen-bond donors (Lipinski definition) is 2. The van der Waals surface area contributed by atoms with Crippen LogP contribution in [-0.2, 0) is 19.2 Å². The first kappa shape index (κ1) is 26.0. The molecule has 0 spiro atoms. The predicted molar refractivity (Wildman–Crippen MR) is 140 cm³/mol. The van der Waals surface area contributed by atoms with Crippen LogP contribution in [-0.4, -0.2) is 42.5 Å². The molecule has 0 radical (unpaired) electrons. The van der Waals surface area contributed by atoms with E-state index >= 15 is 0 Å². The number of nitrogens with zero attached hydrogens (tertiary/aromatic N) is 1. The van der Waals surface area contributed by atoms with Gasteiger partial charge in [0.25, 0.3) is 5.91 Å². The van der Waals surface area contributed by atoms with E-state index in [0.29, 0.717) is 23.3 Å². The molecular weight excluding hydrogens is 468 g/mol. The molecule has 0 bridgehead atoms. The van der Waals surface area contributed by atoms with E-state index in [9.17, 15) is 14.7 Å². The van der Waals surface area contributed by atoms with Crippen LogP contribution >= 0.6 is 0 Å². The monoisotopic (exact) mass is 508 g/mol. The van der Waals surface area contributed by atoms with Crippen LogP contribution in [0, 0.1) is 28.6 Å². The van der Waals surface area contributed by atoms with Gasteiger partial charge in [0.2, 0.25) is 0 Å². The molecule has 0 unspecified atom stereocenters.